The van der Waals surface area contributed by atoms with Crippen molar-refractivity contribution in [3.63, 3.8) is 0 Å². The van der Waals surface area contributed by atoms with Crippen LogP contribution in [0.1, 0.15) is 59.8 Å². The van der Waals surface area contributed by atoms with Gasteiger partial charge in [-0.1, -0.05) is 6.92 Å². The van der Waals surface area contributed by atoms with Gasteiger partial charge in [-0.25, -0.2) is 4.79 Å². The molecule has 0 aromatic heterocycles. The van der Waals surface area contributed by atoms with E-state index in [-0.39, 0.29) is 18.7 Å². The van der Waals surface area contributed by atoms with E-state index < -0.39 is 5.60 Å². The molecule has 4 atom stereocenters. The highest BCUT2D eigenvalue weighted by Crippen LogP contribution is 2.35. The van der Waals surface area contributed by atoms with E-state index in [4.69, 9.17) is 9.84 Å². The molecular weight excluding hydrogens is 292 g/mol. The Morgan fingerprint density at radius 1 is 1.35 bits per heavy atom. The minimum absolute atomic E-state index is 0.168. The van der Waals surface area contributed by atoms with Crippen molar-refractivity contribution in [2.24, 2.45) is 11.8 Å². The zero-order valence-electron chi connectivity index (χ0n) is 15.2. The van der Waals surface area contributed by atoms with E-state index in [1.165, 1.54) is 6.42 Å². The van der Waals surface area contributed by atoms with Crippen molar-refractivity contribution in [1.82, 2.24) is 10.2 Å². The van der Waals surface area contributed by atoms with Gasteiger partial charge in [0.05, 0.1) is 6.04 Å². The normalized spacial score (nSPS) is 29.3. The third kappa shape index (κ3) is 5.35. The predicted octanol–water partition coefficient (Wildman–Crippen LogP) is 2.77. The second-order valence-electron chi connectivity index (χ2n) is 8.34. The number of likely N-dealkylation sites (tertiary alicyclic amines) is 1. The molecule has 1 aliphatic carbocycles. The standard InChI is InChI=1S/C18H34N2O3/c1-13(8-10-21)12-19-15-6-5-14-7-9-20(16(15)11-14)17(22)23-18(2,3)4/h13-16,19,21H,5-12H2,1-4H3. The van der Waals surface area contributed by atoms with Gasteiger partial charge in [0, 0.05) is 19.2 Å². The van der Waals surface area contributed by atoms with Crippen LogP contribution in [0.15, 0.2) is 0 Å². The van der Waals surface area contributed by atoms with Crippen LogP contribution in [0.2, 0.25) is 0 Å². The molecule has 2 aliphatic rings. The summed E-state index contributed by atoms with van der Waals surface area (Å²) >= 11 is 0. The Hall–Kier alpha value is -0.810. The highest BCUT2D eigenvalue weighted by molar-refractivity contribution is 5.69. The van der Waals surface area contributed by atoms with Crippen LogP contribution in [-0.4, -0.2) is 53.5 Å². The number of carbonyl (C=O) groups is 1. The third-order valence-electron chi connectivity index (χ3n) is 5.08. The summed E-state index contributed by atoms with van der Waals surface area (Å²) in [6.07, 6.45) is 5.22. The van der Waals surface area contributed by atoms with E-state index in [2.05, 4.69) is 12.2 Å². The molecule has 5 nitrogen and oxygen atoms in total. The number of aliphatic hydroxyl groups excluding tert-OH is 1. The van der Waals surface area contributed by atoms with E-state index in [0.29, 0.717) is 12.0 Å². The summed E-state index contributed by atoms with van der Waals surface area (Å²) in [5.41, 5.74) is -0.443. The summed E-state index contributed by atoms with van der Waals surface area (Å²) in [6, 6.07) is 0.596. The molecule has 0 aromatic carbocycles. The molecule has 23 heavy (non-hydrogen) atoms. The number of hydrogen-bond acceptors (Lipinski definition) is 4. The van der Waals surface area contributed by atoms with Crippen molar-refractivity contribution in [2.45, 2.75) is 77.5 Å². The van der Waals surface area contributed by atoms with Gasteiger partial charge in [-0.3, -0.25) is 0 Å². The first-order chi connectivity index (χ1) is 10.8. The number of nitrogens with one attached hydrogen (secondary N) is 1. The number of aliphatic hydroxyl groups is 1. The molecule has 2 fully saturated rings. The highest BCUT2D eigenvalue weighted by Gasteiger charge is 2.41. The number of carbonyl (C=O) groups excluding carboxylic acids is 1. The van der Waals surface area contributed by atoms with Crippen molar-refractivity contribution in [3.8, 4) is 0 Å². The average Bonchev–Trinajstić information content (AvgIpc) is 2.45. The summed E-state index contributed by atoms with van der Waals surface area (Å²) in [5.74, 6) is 1.21. The van der Waals surface area contributed by atoms with Crippen molar-refractivity contribution >= 4 is 6.09 Å². The highest BCUT2D eigenvalue weighted by atomic mass is 16.6. The molecule has 2 bridgehead atoms. The summed E-state index contributed by atoms with van der Waals surface area (Å²) in [5, 5.41) is 12.7. The number of rotatable bonds is 5. The first-order valence-electron chi connectivity index (χ1n) is 9.14. The summed E-state index contributed by atoms with van der Waals surface area (Å²) in [4.78, 5) is 14.5. The maximum Gasteiger partial charge on any atom is 0.410 e. The van der Waals surface area contributed by atoms with Gasteiger partial charge in [-0.05, 0) is 71.3 Å². The quantitative estimate of drug-likeness (QED) is 0.815. The molecule has 1 saturated carbocycles. The lowest BCUT2D eigenvalue weighted by Crippen LogP contribution is -2.59. The lowest BCUT2D eigenvalue weighted by molar-refractivity contribution is -0.0110. The van der Waals surface area contributed by atoms with Crippen LogP contribution in [0.25, 0.3) is 0 Å². The van der Waals surface area contributed by atoms with Gasteiger partial charge in [-0.2, -0.15) is 0 Å². The molecular formula is C18H34N2O3. The van der Waals surface area contributed by atoms with Gasteiger partial charge in [0.1, 0.15) is 5.60 Å². The third-order valence-corrected chi connectivity index (χ3v) is 5.08. The van der Waals surface area contributed by atoms with E-state index >= 15 is 0 Å². The maximum absolute atomic E-state index is 12.5. The molecule has 1 aliphatic heterocycles. The fourth-order valence-corrected chi connectivity index (χ4v) is 3.79. The number of ether oxygens (including phenoxy) is 1. The van der Waals surface area contributed by atoms with Crippen LogP contribution < -0.4 is 5.32 Å². The Bertz CT molecular complexity index is 394. The Labute approximate surface area is 140 Å². The minimum Gasteiger partial charge on any atom is -0.444 e. The first kappa shape index (κ1) is 18.5. The van der Waals surface area contributed by atoms with Crippen LogP contribution in [0, 0.1) is 11.8 Å². The molecule has 134 valence electrons. The van der Waals surface area contributed by atoms with Crippen molar-refractivity contribution in [3.05, 3.63) is 0 Å². The van der Waals surface area contributed by atoms with Gasteiger partial charge in [0.15, 0.2) is 0 Å². The summed E-state index contributed by atoms with van der Waals surface area (Å²) in [7, 11) is 0. The van der Waals surface area contributed by atoms with Gasteiger partial charge in [0.25, 0.3) is 0 Å². The van der Waals surface area contributed by atoms with Gasteiger partial charge in [0.2, 0.25) is 0 Å². The van der Waals surface area contributed by atoms with Gasteiger partial charge >= 0.3 is 6.09 Å². The van der Waals surface area contributed by atoms with E-state index in [1.54, 1.807) is 0 Å². The number of amides is 1. The van der Waals surface area contributed by atoms with E-state index in [1.807, 2.05) is 25.7 Å². The van der Waals surface area contributed by atoms with Crippen LogP contribution in [0.3, 0.4) is 0 Å². The number of piperidine rings is 1. The van der Waals surface area contributed by atoms with Gasteiger partial charge < -0.3 is 20.1 Å². The molecule has 0 spiro atoms. The second kappa shape index (κ2) is 7.84. The van der Waals surface area contributed by atoms with Crippen molar-refractivity contribution < 1.29 is 14.6 Å². The molecule has 1 amide bonds. The Kier molecular flexibility index (Phi) is 6.32. The lowest BCUT2D eigenvalue weighted by Gasteiger charge is -2.47. The second-order valence-corrected chi connectivity index (χ2v) is 8.34. The largest absolute Gasteiger partial charge is 0.444 e. The zero-order chi connectivity index (χ0) is 17.0. The monoisotopic (exact) mass is 326 g/mol. The Morgan fingerprint density at radius 2 is 2.09 bits per heavy atom. The van der Waals surface area contributed by atoms with Crippen LogP contribution in [0.4, 0.5) is 4.79 Å². The Morgan fingerprint density at radius 3 is 2.74 bits per heavy atom. The molecule has 2 rings (SSSR count). The average molecular weight is 326 g/mol. The topological polar surface area (TPSA) is 61.8 Å². The summed E-state index contributed by atoms with van der Waals surface area (Å²) in [6.45, 7) is 9.87. The predicted molar refractivity (Wildman–Crippen MR) is 91.3 cm³/mol. The van der Waals surface area contributed by atoms with Crippen LogP contribution in [-0.2, 0) is 4.74 Å². The minimum atomic E-state index is -0.443. The number of fused-ring (bicyclic) bond motifs is 2. The van der Waals surface area contributed by atoms with Gasteiger partial charge in [-0.15, -0.1) is 0 Å². The maximum atomic E-state index is 12.5. The SMILES string of the molecule is CC(CCO)CNC1CCC2CCN(C(=O)OC(C)(C)C)C1C2. The fraction of sp³-hybridized carbons (Fsp3) is 0.944. The van der Waals surface area contributed by atoms with Crippen LogP contribution in [0.5, 0.6) is 0 Å². The van der Waals surface area contributed by atoms with Crippen LogP contribution >= 0.6 is 0 Å². The molecule has 4 unspecified atom stereocenters. The molecule has 1 heterocycles. The first-order valence-corrected chi connectivity index (χ1v) is 9.14. The molecule has 5 heteroatoms. The molecule has 0 aromatic rings. The zero-order valence-corrected chi connectivity index (χ0v) is 15.2. The smallest absolute Gasteiger partial charge is 0.410 e. The fourth-order valence-electron chi connectivity index (χ4n) is 3.79. The lowest BCUT2D eigenvalue weighted by atomic mass is 9.77. The number of nitrogens with zero attached hydrogens (tertiary/aromatic N) is 1. The molecule has 0 radical (unpaired) electrons. The van der Waals surface area contributed by atoms with Crippen molar-refractivity contribution in [2.75, 3.05) is 19.7 Å². The molecule has 1 saturated heterocycles. The van der Waals surface area contributed by atoms with E-state index in [0.717, 1.165) is 44.7 Å². The summed E-state index contributed by atoms with van der Waals surface area (Å²) < 4.78 is 5.61. The van der Waals surface area contributed by atoms with Crippen molar-refractivity contribution in [1.29, 1.82) is 0 Å². The Balaban J connectivity index is 1.96. The molecule has 2 N–H and O–H groups in total. The van der Waals surface area contributed by atoms with E-state index in [9.17, 15) is 4.79 Å². The number of hydrogen-bond donors (Lipinski definition) is 2.